The molecule has 0 aromatic carbocycles. The van der Waals surface area contributed by atoms with Crippen LogP contribution in [0.3, 0.4) is 0 Å². The monoisotopic (exact) mass is 228 g/mol. The van der Waals surface area contributed by atoms with Crippen LogP contribution in [-0.2, 0) is 9.47 Å². The molecule has 2 rings (SSSR count). The van der Waals surface area contributed by atoms with Crippen molar-refractivity contribution in [2.45, 2.75) is 31.9 Å². The van der Waals surface area contributed by atoms with Crippen molar-refractivity contribution in [1.29, 1.82) is 0 Å². The Morgan fingerprint density at radius 3 is 3.00 bits per heavy atom. The highest BCUT2D eigenvalue weighted by atomic mass is 16.5. The van der Waals surface area contributed by atoms with E-state index in [9.17, 15) is 0 Å². The molecule has 94 valence electrons. The summed E-state index contributed by atoms with van der Waals surface area (Å²) in [5, 5.41) is 6.99. The van der Waals surface area contributed by atoms with Crippen LogP contribution in [0.2, 0.25) is 0 Å². The Morgan fingerprint density at radius 2 is 2.25 bits per heavy atom. The highest BCUT2D eigenvalue weighted by Crippen LogP contribution is 2.22. The Morgan fingerprint density at radius 1 is 1.31 bits per heavy atom. The summed E-state index contributed by atoms with van der Waals surface area (Å²) in [7, 11) is 0. The molecule has 0 aromatic rings. The van der Waals surface area contributed by atoms with Crippen LogP contribution in [0.25, 0.3) is 0 Å². The van der Waals surface area contributed by atoms with Crippen LogP contribution in [0, 0.1) is 5.92 Å². The largest absolute Gasteiger partial charge is 0.378 e. The van der Waals surface area contributed by atoms with Crippen molar-refractivity contribution in [2.24, 2.45) is 5.92 Å². The molecule has 0 bridgehead atoms. The van der Waals surface area contributed by atoms with E-state index in [2.05, 4.69) is 17.6 Å². The standard InChI is InChI=1S/C12H24N2O2/c1-2-12-10(3-5-16-12)7-13-8-11-9-15-6-4-14-11/h10-14H,2-9H2,1H3. The second-order valence-corrected chi connectivity index (χ2v) is 4.75. The quantitative estimate of drug-likeness (QED) is 0.714. The van der Waals surface area contributed by atoms with Crippen molar-refractivity contribution in [1.82, 2.24) is 10.6 Å². The zero-order valence-corrected chi connectivity index (χ0v) is 10.2. The molecule has 3 unspecified atom stereocenters. The van der Waals surface area contributed by atoms with Crippen molar-refractivity contribution in [3.05, 3.63) is 0 Å². The Labute approximate surface area is 98.1 Å². The van der Waals surface area contributed by atoms with Crippen molar-refractivity contribution < 1.29 is 9.47 Å². The molecule has 3 atom stereocenters. The molecule has 0 spiro atoms. The molecule has 0 saturated carbocycles. The summed E-state index contributed by atoms with van der Waals surface area (Å²) < 4.78 is 11.1. The Bertz CT molecular complexity index is 195. The van der Waals surface area contributed by atoms with Gasteiger partial charge in [-0.2, -0.15) is 0 Å². The fourth-order valence-electron chi connectivity index (χ4n) is 2.57. The SMILES string of the molecule is CCC1OCCC1CNCC1COCCN1. The van der Waals surface area contributed by atoms with E-state index in [0.29, 0.717) is 18.1 Å². The molecule has 16 heavy (non-hydrogen) atoms. The first kappa shape index (κ1) is 12.3. The van der Waals surface area contributed by atoms with Crippen LogP contribution in [-0.4, -0.2) is 51.6 Å². The van der Waals surface area contributed by atoms with Crippen LogP contribution >= 0.6 is 0 Å². The smallest absolute Gasteiger partial charge is 0.0632 e. The lowest BCUT2D eigenvalue weighted by Gasteiger charge is -2.25. The van der Waals surface area contributed by atoms with Gasteiger partial charge in [0.15, 0.2) is 0 Å². The van der Waals surface area contributed by atoms with Gasteiger partial charge in [-0.15, -0.1) is 0 Å². The van der Waals surface area contributed by atoms with Gasteiger partial charge in [-0.25, -0.2) is 0 Å². The normalized spacial score (nSPS) is 35.4. The summed E-state index contributed by atoms with van der Waals surface area (Å²) >= 11 is 0. The number of hydrogen-bond acceptors (Lipinski definition) is 4. The maximum Gasteiger partial charge on any atom is 0.0632 e. The lowest BCUT2D eigenvalue weighted by Crippen LogP contribution is -2.48. The van der Waals surface area contributed by atoms with E-state index in [-0.39, 0.29) is 0 Å². The van der Waals surface area contributed by atoms with Gasteiger partial charge in [0, 0.05) is 32.3 Å². The number of nitrogens with one attached hydrogen (secondary N) is 2. The van der Waals surface area contributed by atoms with E-state index >= 15 is 0 Å². The summed E-state index contributed by atoms with van der Waals surface area (Å²) in [5.41, 5.74) is 0. The fraction of sp³-hybridized carbons (Fsp3) is 1.00. The molecule has 2 N–H and O–H groups in total. The molecule has 4 heteroatoms. The molecule has 2 fully saturated rings. The fourth-order valence-corrected chi connectivity index (χ4v) is 2.57. The third kappa shape index (κ3) is 3.42. The van der Waals surface area contributed by atoms with Crippen LogP contribution in [0.4, 0.5) is 0 Å². The van der Waals surface area contributed by atoms with Gasteiger partial charge in [-0.05, 0) is 18.8 Å². The maximum atomic E-state index is 5.68. The predicted molar refractivity (Wildman–Crippen MR) is 63.6 cm³/mol. The second kappa shape index (κ2) is 6.55. The zero-order valence-electron chi connectivity index (χ0n) is 10.2. The molecule has 2 aliphatic rings. The Balaban J connectivity index is 1.59. The van der Waals surface area contributed by atoms with Crippen LogP contribution in [0.1, 0.15) is 19.8 Å². The number of morpholine rings is 1. The van der Waals surface area contributed by atoms with Gasteiger partial charge in [0.1, 0.15) is 0 Å². The van der Waals surface area contributed by atoms with E-state index in [4.69, 9.17) is 9.47 Å². The maximum absolute atomic E-state index is 5.68. The highest BCUT2D eigenvalue weighted by Gasteiger charge is 2.26. The van der Waals surface area contributed by atoms with Gasteiger partial charge < -0.3 is 20.1 Å². The summed E-state index contributed by atoms with van der Waals surface area (Å²) in [6, 6.07) is 0.483. The molecular formula is C12H24N2O2. The van der Waals surface area contributed by atoms with Crippen molar-refractivity contribution in [3.8, 4) is 0 Å². The summed E-state index contributed by atoms with van der Waals surface area (Å²) in [4.78, 5) is 0. The van der Waals surface area contributed by atoms with Gasteiger partial charge >= 0.3 is 0 Å². The van der Waals surface area contributed by atoms with Crippen molar-refractivity contribution >= 4 is 0 Å². The Hall–Kier alpha value is -0.160. The zero-order chi connectivity index (χ0) is 11.2. The van der Waals surface area contributed by atoms with E-state index in [0.717, 1.165) is 45.9 Å². The molecule has 2 heterocycles. The third-order valence-corrected chi connectivity index (χ3v) is 3.54. The van der Waals surface area contributed by atoms with Crippen molar-refractivity contribution in [2.75, 3.05) is 39.5 Å². The van der Waals surface area contributed by atoms with E-state index < -0.39 is 0 Å². The molecule has 0 aliphatic carbocycles. The minimum atomic E-state index is 0.475. The Kier molecular flexibility index (Phi) is 5.03. The van der Waals surface area contributed by atoms with Gasteiger partial charge in [0.05, 0.1) is 19.3 Å². The minimum absolute atomic E-state index is 0.475. The molecule has 0 amide bonds. The summed E-state index contributed by atoms with van der Waals surface area (Å²) in [5.74, 6) is 0.703. The number of hydrogen-bond donors (Lipinski definition) is 2. The molecule has 2 saturated heterocycles. The average Bonchev–Trinajstić information content (AvgIpc) is 2.78. The molecule has 0 radical (unpaired) electrons. The lowest BCUT2D eigenvalue weighted by atomic mass is 9.99. The van der Waals surface area contributed by atoms with E-state index in [1.807, 2.05) is 0 Å². The lowest BCUT2D eigenvalue weighted by molar-refractivity contribution is 0.0734. The van der Waals surface area contributed by atoms with Gasteiger partial charge in [-0.3, -0.25) is 0 Å². The third-order valence-electron chi connectivity index (χ3n) is 3.54. The van der Waals surface area contributed by atoms with E-state index in [1.165, 1.54) is 6.42 Å². The summed E-state index contributed by atoms with van der Waals surface area (Å²) in [6.45, 7) is 7.91. The predicted octanol–water partition coefficient (Wildman–Crippen LogP) is 0.380. The highest BCUT2D eigenvalue weighted by molar-refractivity contribution is 4.79. The van der Waals surface area contributed by atoms with E-state index in [1.54, 1.807) is 0 Å². The first-order valence-corrected chi connectivity index (χ1v) is 6.53. The number of ether oxygens (including phenoxy) is 2. The second-order valence-electron chi connectivity index (χ2n) is 4.75. The molecular weight excluding hydrogens is 204 g/mol. The first-order chi connectivity index (χ1) is 7.90. The topological polar surface area (TPSA) is 42.5 Å². The first-order valence-electron chi connectivity index (χ1n) is 6.53. The summed E-state index contributed by atoms with van der Waals surface area (Å²) in [6.07, 6.45) is 2.82. The van der Waals surface area contributed by atoms with Gasteiger partial charge in [-0.1, -0.05) is 6.92 Å². The van der Waals surface area contributed by atoms with Crippen LogP contribution in [0.5, 0.6) is 0 Å². The minimum Gasteiger partial charge on any atom is -0.378 e. The molecule has 4 nitrogen and oxygen atoms in total. The van der Waals surface area contributed by atoms with Gasteiger partial charge in [0.25, 0.3) is 0 Å². The van der Waals surface area contributed by atoms with Crippen molar-refractivity contribution in [3.63, 3.8) is 0 Å². The van der Waals surface area contributed by atoms with Crippen LogP contribution < -0.4 is 10.6 Å². The molecule has 2 aliphatic heterocycles. The number of rotatable bonds is 5. The average molecular weight is 228 g/mol. The van der Waals surface area contributed by atoms with Crippen LogP contribution in [0.15, 0.2) is 0 Å². The van der Waals surface area contributed by atoms with Gasteiger partial charge in [0.2, 0.25) is 0 Å². The molecule has 0 aromatic heterocycles.